The van der Waals surface area contributed by atoms with Gasteiger partial charge in [-0.1, -0.05) is 13.0 Å². The topological polar surface area (TPSA) is 83.8 Å². The second kappa shape index (κ2) is 11.0. The first kappa shape index (κ1) is 28.8. The van der Waals surface area contributed by atoms with E-state index in [9.17, 15) is 5.11 Å². The number of aromatic nitrogens is 3. The Balaban J connectivity index is 1.36. The summed E-state index contributed by atoms with van der Waals surface area (Å²) in [5.74, 6) is -0.976. The molecule has 4 aliphatic rings. The summed E-state index contributed by atoms with van der Waals surface area (Å²) in [7, 11) is 0. The van der Waals surface area contributed by atoms with Gasteiger partial charge in [0.2, 0.25) is 0 Å². The highest BCUT2D eigenvalue weighted by Gasteiger charge is 2.45. The van der Waals surface area contributed by atoms with E-state index in [1.807, 2.05) is 11.8 Å². The maximum Gasteiger partial charge on any atom is 0.319 e. The van der Waals surface area contributed by atoms with Gasteiger partial charge >= 0.3 is 6.01 Å². The minimum Gasteiger partial charge on any atom is -0.508 e. The molecule has 4 aliphatic heterocycles. The van der Waals surface area contributed by atoms with E-state index in [0.29, 0.717) is 61.4 Å². The lowest BCUT2D eigenvalue weighted by atomic mass is 9.94. The number of phenols is 1. The highest BCUT2D eigenvalue weighted by atomic mass is 19.1. The van der Waals surface area contributed by atoms with Gasteiger partial charge in [0.05, 0.1) is 29.3 Å². The largest absolute Gasteiger partial charge is 0.508 e. The van der Waals surface area contributed by atoms with Crippen LogP contribution in [0.4, 0.5) is 19.0 Å². The first-order valence-electron chi connectivity index (χ1n) is 16.1. The normalized spacial score (nSPS) is 22.8. The molecule has 236 valence electrons. The number of phenolic OH excluding ortho intramolecular Hbond substituents is 1. The number of hydrogen-bond donors (Lipinski definition) is 1. The Labute approximate surface area is 259 Å². The maximum absolute atomic E-state index is 17.0. The molecule has 0 aliphatic carbocycles. The second-order valence-electron chi connectivity index (χ2n) is 12.9. The smallest absolute Gasteiger partial charge is 0.319 e. The van der Waals surface area contributed by atoms with Crippen LogP contribution in [0.5, 0.6) is 11.8 Å². The molecule has 0 bridgehead atoms. The molecule has 2 atom stereocenters. The Bertz CT molecular complexity index is 1810. The Morgan fingerprint density at radius 1 is 1.04 bits per heavy atom. The third-order valence-corrected chi connectivity index (χ3v) is 10.3. The summed E-state index contributed by atoms with van der Waals surface area (Å²) in [6.07, 6.45) is 3.80. The van der Waals surface area contributed by atoms with Gasteiger partial charge in [0.25, 0.3) is 0 Å². The van der Waals surface area contributed by atoms with Crippen molar-refractivity contribution < 1.29 is 27.8 Å². The molecule has 2 unspecified atom stereocenters. The molecule has 1 N–H and O–H groups in total. The number of benzene rings is 2. The molecule has 6 heterocycles. The zero-order valence-corrected chi connectivity index (χ0v) is 25.3. The van der Waals surface area contributed by atoms with E-state index in [1.165, 1.54) is 18.2 Å². The van der Waals surface area contributed by atoms with E-state index < -0.39 is 17.8 Å². The molecule has 3 fully saturated rings. The molecular weight excluding hydrogens is 583 g/mol. The molecule has 0 amide bonds. The van der Waals surface area contributed by atoms with E-state index in [4.69, 9.17) is 14.5 Å². The summed E-state index contributed by atoms with van der Waals surface area (Å²) in [6.45, 7) is 5.67. The lowest BCUT2D eigenvalue weighted by Gasteiger charge is -2.32. The fraction of sp³-hybridized carbons (Fsp3) is 0.500. The number of rotatable bonds is 5. The van der Waals surface area contributed by atoms with Crippen molar-refractivity contribution in [2.75, 3.05) is 44.4 Å². The number of alkyl halides is 1. The Hall–Kier alpha value is -3.70. The molecule has 3 saturated heterocycles. The Kier molecular flexibility index (Phi) is 7.01. The Morgan fingerprint density at radius 3 is 2.67 bits per heavy atom. The summed E-state index contributed by atoms with van der Waals surface area (Å²) in [5.41, 5.74) is 0.201. The monoisotopic (exact) mass is 619 g/mol. The van der Waals surface area contributed by atoms with Crippen LogP contribution in [0, 0.1) is 11.6 Å². The van der Waals surface area contributed by atoms with Crippen molar-refractivity contribution in [2.24, 2.45) is 0 Å². The van der Waals surface area contributed by atoms with E-state index >= 15 is 13.2 Å². The minimum atomic E-state index is -1.56. The van der Waals surface area contributed by atoms with Crippen LogP contribution >= 0.6 is 0 Å². The number of nitrogens with zero attached hydrogens (tertiary/aromatic N) is 5. The van der Waals surface area contributed by atoms with Crippen LogP contribution in [0.15, 0.2) is 24.3 Å². The van der Waals surface area contributed by atoms with Crippen molar-refractivity contribution in [3.8, 4) is 23.0 Å². The first-order valence-corrected chi connectivity index (χ1v) is 16.1. The molecule has 2 aromatic heterocycles. The van der Waals surface area contributed by atoms with Gasteiger partial charge in [0.1, 0.15) is 41.4 Å². The molecule has 8 rings (SSSR count). The van der Waals surface area contributed by atoms with Gasteiger partial charge in [-0.2, -0.15) is 9.97 Å². The van der Waals surface area contributed by atoms with Crippen molar-refractivity contribution in [3.63, 3.8) is 0 Å². The maximum atomic E-state index is 17.0. The van der Waals surface area contributed by atoms with Gasteiger partial charge in [-0.3, -0.25) is 4.90 Å². The van der Waals surface area contributed by atoms with Crippen molar-refractivity contribution in [1.29, 1.82) is 0 Å². The molecule has 0 spiro atoms. The minimum absolute atomic E-state index is 0.0262. The van der Waals surface area contributed by atoms with Gasteiger partial charge in [0, 0.05) is 25.1 Å². The zero-order chi connectivity index (χ0) is 30.9. The van der Waals surface area contributed by atoms with Gasteiger partial charge in [-0.15, -0.1) is 0 Å². The molecule has 45 heavy (non-hydrogen) atoms. The van der Waals surface area contributed by atoms with E-state index in [-0.39, 0.29) is 57.6 Å². The van der Waals surface area contributed by atoms with Crippen LogP contribution < -0.4 is 9.64 Å². The highest BCUT2D eigenvalue weighted by Crippen LogP contribution is 2.45. The number of fused-ring (bicyclic) bond motifs is 4. The summed E-state index contributed by atoms with van der Waals surface area (Å²) >= 11 is 0. The average molecular weight is 620 g/mol. The molecule has 8 nitrogen and oxygen atoms in total. The van der Waals surface area contributed by atoms with Gasteiger partial charge in [-0.05, 0) is 86.1 Å². The van der Waals surface area contributed by atoms with Gasteiger partial charge in [0.15, 0.2) is 5.82 Å². The van der Waals surface area contributed by atoms with E-state index in [0.717, 1.165) is 38.8 Å². The van der Waals surface area contributed by atoms with Crippen molar-refractivity contribution in [3.05, 3.63) is 47.2 Å². The quantitative estimate of drug-likeness (QED) is 0.275. The summed E-state index contributed by atoms with van der Waals surface area (Å²) in [4.78, 5) is 18.5. The molecule has 2 aromatic carbocycles. The number of ether oxygens (including phenoxy) is 2. The standard InChI is InChI=1S/C34H36F3N5O3/c1-2-22-24(35)7-6-19-14-21(43)16-23(26(19)22)29-28(37)31-27-30(38-29)25(36)15-20-17-44-13-5-12-42(20)32(27)40-33(39-31)45-18-34-8-3-10-41(34)11-4-9-34/h6-7,14,16,20,25,43H,2-5,8-13,15,17-18H2,1H3. The number of halogens is 3. The predicted molar refractivity (Wildman–Crippen MR) is 165 cm³/mol. The van der Waals surface area contributed by atoms with Crippen LogP contribution in [-0.4, -0.2) is 76.0 Å². The second-order valence-corrected chi connectivity index (χ2v) is 12.9. The SMILES string of the molecule is CCc1c(F)ccc2cc(O)cc(-c3nc4c5c(nc(OCC67CCCN6CCC7)nc5c3F)N3CCCOCC3CC4F)c12. The number of anilines is 1. The van der Waals surface area contributed by atoms with Crippen LogP contribution in [0.1, 0.15) is 62.9 Å². The Morgan fingerprint density at radius 2 is 1.87 bits per heavy atom. The van der Waals surface area contributed by atoms with E-state index in [2.05, 4.69) is 14.9 Å². The van der Waals surface area contributed by atoms with Crippen LogP contribution in [0.2, 0.25) is 0 Å². The third-order valence-electron chi connectivity index (χ3n) is 10.3. The fourth-order valence-corrected chi connectivity index (χ4v) is 8.18. The number of hydrogen-bond acceptors (Lipinski definition) is 8. The summed E-state index contributed by atoms with van der Waals surface area (Å²) < 4.78 is 60.6. The molecule has 0 radical (unpaired) electrons. The number of pyridine rings is 1. The summed E-state index contributed by atoms with van der Waals surface area (Å²) in [5, 5.41) is 11.8. The van der Waals surface area contributed by atoms with Crippen molar-refractivity contribution in [1.82, 2.24) is 19.9 Å². The lowest BCUT2D eigenvalue weighted by Crippen LogP contribution is -2.43. The van der Waals surface area contributed by atoms with Gasteiger partial charge < -0.3 is 19.5 Å². The molecule has 4 aromatic rings. The van der Waals surface area contributed by atoms with Crippen LogP contribution in [0.25, 0.3) is 32.9 Å². The highest BCUT2D eigenvalue weighted by molar-refractivity contribution is 6.02. The number of aryl methyl sites for hydroxylation is 1. The zero-order valence-electron chi connectivity index (χ0n) is 25.3. The van der Waals surface area contributed by atoms with E-state index in [1.54, 1.807) is 6.07 Å². The number of aromatic hydroxyl groups is 1. The fourth-order valence-electron chi connectivity index (χ4n) is 8.18. The van der Waals surface area contributed by atoms with Crippen molar-refractivity contribution in [2.45, 2.75) is 69.6 Å². The van der Waals surface area contributed by atoms with Crippen LogP contribution in [-0.2, 0) is 11.2 Å². The molecule has 11 heteroatoms. The molecular formula is C34H36F3N5O3. The summed E-state index contributed by atoms with van der Waals surface area (Å²) in [6, 6.07) is 5.44. The average Bonchev–Trinajstić information content (AvgIpc) is 3.50. The van der Waals surface area contributed by atoms with Crippen molar-refractivity contribution >= 4 is 27.5 Å². The van der Waals surface area contributed by atoms with Gasteiger partial charge in [-0.25, -0.2) is 18.2 Å². The lowest BCUT2D eigenvalue weighted by molar-refractivity contribution is 0.107. The first-order chi connectivity index (χ1) is 21.9. The predicted octanol–water partition coefficient (Wildman–Crippen LogP) is 6.41. The van der Waals surface area contributed by atoms with Crippen LogP contribution in [0.3, 0.4) is 0 Å². The third kappa shape index (κ3) is 4.61. The molecule has 0 saturated carbocycles.